The van der Waals surface area contributed by atoms with E-state index in [2.05, 4.69) is 38.8 Å². The molecule has 0 amide bonds. The first-order valence-electron chi connectivity index (χ1n) is 8.23. The summed E-state index contributed by atoms with van der Waals surface area (Å²) in [6.45, 7) is 2.24. The van der Waals surface area contributed by atoms with Crippen molar-refractivity contribution in [2.24, 2.45) is 0 Å². The minimum absolute atomic E-state index is 0.0867. The molecule has 1 rings (SSSR count). The fourth-order valence-electron chi connectivity index (χ4n) is 2.43. The maximum Gasteiger partial charge on any atom is 0.176 e. The van der Waals surface area contributed by atoms with Gasteiger partial charge in [0.05, 0.1) is 9.30 Å². The molecular formula is C18H26Br2O2. The van der Waals surface area contributed by atoms with Crippen LogP contribution < -0.4 is 0 Å². The Balaban J connectivity index is 2.23. The van der Waals surface area contributed by atoms with E-state index < -0.39 is 0 Å². The van der Waals surface area contributed by atoms with E-state index in [0.717, 1.165) is 12.8 Å². The van der Waals surface area contributed by atoms with E-state index in [9.17, 15) is 9.90 Å². The van der Waals surface area contributed by atoms with Crippen LogP contribution in [-0.2, 0) is 0 Å². The SMILES string of the molecule is CCCCCCCCCCC(Br)C(=O)c1ccc(O)c(Br)c1. The number of benzene rings is 1. The van der Waals surface area contributed by atoms with Crippen LogP contribution in [0.15, 0.2) is 22.7 Å². The van der Waals surface area contributed by atoms with Crippen molar-refractivity contribution in [3.05, 3.63) is 28.2 Å². The maximum absolute atomic E-state index is 12.3. The van der Waals surface area contributed by atoms with Crippen LogP contribution in [0.1, 0.15) is 75.1 Å². The quantitative estimate of drug-likeness (QED) is 0.241. The molecular weight excluding hydrogens is 408 g/mol. The summed E-state index contributed by atoms with van der Waals surface area (Å²) in [5.74, 6) is 0.245. The fourth-order valence-corrected chi connectivity index (χ4v) is 3.40. The predicted molar refractivity (Wildman–Crippen MR) is 100 cm³/mol. The summed E-state index contributed by atoms with van der Waals surface area (Å²) in [5.41, 5.74) is 0.631. The molecule has 0 radical (unpaired) electrons. The number of rotatable bonds is 11. The van der Waals surface area contributed by atoms with Gasteiger partial charge < -0.3 is 5.11 Å². The van der Waals surface area contributed by atoms with Crippen LogP contribution in [0, 0.1) is 0 Å². The Morgan fingerprint density at radius 1 is 1.09 bits per heavy atom. The highest BCUT2D eigenvalue weighted by atomic mass is 79.9. The molecule has 1 unspecified atom stereocenters. The molecule has 0 aliphatic carbocycles. The normalized spacial score (nSPS) is 12.3. The van der Waals surface area contributed by atoms with Gasteiger partial charge in [0.25, 0.3) is 0 Å². The minimum atomic E-state index is -0.135. The number of halogens is 2. The third kappa shape index (κ3) is 7.28. The van der Waals surface area contributed by atoms with E-state index in [-0.39, 0.29) is 16.4 Å². The van der Waals surface area contributed by atoms with Gasteiger partial charge >= 0.3 is 0 Å². The molecule has 0 aromatic heterocycles. The van der Waals surface area contributed by atoms with Gasteiger partial charge in [0, 0.05) is 5.56 Å². The van der Waals surface area contributed by atoms with Gasteiger partial charge in [0.2, 0.25) is 0 Å². The molecule has 1 aromatic rings. The molecule has 0 aliphatic heterocycles. The van der Waals surface area contributed by atoms with Crippen LogP contribution >= 0.6 is 31.9 Å². The molecule has 0 spiro atoms. The lowest BCUT2D eigenvalue weighted by molar-refractivity contribution is 0.0988. The van der Waals surface area contributed by atoms with E-state index >= 15 is 0 Å². The van der Waals surface area contributed by atoms with Crippen LogP contribution in [0.4, 0.5) is 0 Å². The zero-order valence-electron chi connectivity index (χ0n) is 13.3. The van der Waals surface area contributed by atoms with Crippen molar-refractivity contribution in [2.45, 2.75) is 69.5 Å². The van der Waals surface area contributed by atoms with Gasteiger partial charge in [-0.15, -0.1) is 0 Å². The van der Waals surface area contributed by atoms with Crippen molar-refractivity contribution in [3.8, 4) is 5.75 Å². The summed E-state index contributed by atoms with van der Waals surface area (Å²) in [4.78, 5) is 12.2. The van der Waals surface area contributed by atoms with Crippen molar-refractivity contribution >= 4 is 37.6 Å². The summed E-state index contributed by atoms with van der Waals surface area (Å²) in [5, 5.41) is 9.47. The second kappa shape index (κ2) is 11.2. The Morgan fingerprint density at radius 3 is 2.27 bits per heavy atom. The molecule has 0 heterocycles. The number of alkyl halides is 1. The van der Waals surface area contributed by atoms with Crippen molar-refractivity contribution in [2.75, 3.05) is 0 Å². The molecule has 1 N–H and O–H groups in total. The van der Waals surface area contributed by atoms with Crippen LogP contribution in [-0.4, -0.2) is 15.7 Å². The molecule has 1 atom stereocenters. The van der Waals surface area contributed by atoms with Crippen LogP contribution in [0.2, 0.25) is 0 Å². The van der Waals surface area contributed by atoms with Crippen LogP contribution in [0.25, 0.3) is 0 Å². The molecule has 0 bridgehead atoms. The number of carbonyl (C=O) groups excluding carboxylic acids is 1. The van der Waals surface area contributed by atoms with Gasteiger partial charge in [-0.1, -0.05) is 74.2 Å². The Kier molecular flexibility index (Phi) is 10.1. The van der Waals surface area contributed by atoms with E-state index in [0.29, 0.717) is 10.0 Å². The van der Waals surface area contributed by atoms with Crippen molar-refractivity contribution in [3.63, 3.8) is 0 Å². The van der Waals surface area contributed by atoms with Crippen LogP contribution in [0.3, 0.4) is 0 Å². The van der Waals surface area contributed by atoms with E-state index in [1.807, 2.05) is 0 Å². The first-order valence-corrected chi connectivity index (χ1v) is 9.94. The molecule has 0 fully saturated rings. The first-order chi connectivity index (χ1) is 10.6. The van der Waals surface area contributed by atoms with Crippen molar-refractivity contribution < 1.29 is 9.90 Å². The number of ketones is 1. The summed E-state index contributed by atoms with van der Waals surface area (Å²) in [7, 11) is 0. The number of Topliss-reactive ketones (excluding diaryl/α,β-unsaturated/α-hetero) is 1. The summed E-state index contributed by atoms with van der Waals surface area (Å²) in [6, 6.07) is 4.90. The second-order valence-electron chi connectivity index (χ2n) is 5.76. The Bertz CT molecular complexity index is 460. The second-order valence-corrected chi connectivity index (χ2v) is 7.72. The first kappa shape index (κ1) is 19.7. The molecule has 2 nitrogen and oxygen atoms in total. The molecule has 4 heteroatoms. The molecule has 0 saturated heterocycles. The van der Waals surface area contributed by atoms with Gasteiger partial charge in [0.1, 0.15) is 5.75 Å². The Morgan fingerprint density at radius 2 is 1.68 bits per heavy atom. The highest BCUT2D eigenvalue weighted by molar-refractivity contribution is 9.10. The van der Waals surface area contributed by atoms with Gasteiger partial charge in [-0.25, -0.2) is 0 Å². The smallest absolute Gasteiger partial charge is 0.176 e. The standard InChI is InChI=1S/C18H26Br2O2/c1-2-3-4-5-6-7-8-9-10-15(19)18(22)14-11-12-17(21)16(20)13-14/h11-13,15,21H,2-10H2,1H3. The van der Waals surface area contributed by atoms with Crippen molar-refractivity contribution in [1.82, 2.24) is 0 Å². The van der Waals surface area contributed by atoms with Gasteiger partial charge in [-0.3, -0.25) is 4.79 Å². The summed E-state index contributed by atoms with van der Waals surface area (Å²) < 4.78 is 0.560. The zero-order chi connectivity index (χ0) is 16.4. The molecule has 0 saturated carbocycles. The third-order valence-corrected chi connectivity index (χ3v) is 5.34. The van der Waals surface area contributed by atoms with E-state index in [1.165, 1.54) is 44.9 Å². The third-order valence-electron chi connectivity index (χ3n) is 3.83. The largest absolute Gasteiger partial charge is 0.507 e. The average Bonchev–Trinajstić information content (AvgIpc) is 2.51. The van der Waals surface area contributed by atoms with Gasteiger partial charge in [0.15, 0.2) is 5.78 Å². The Labute approximate surface area is 151 Å². The molecule has 0 aliphatic rings. The molecule has 22 heavy (non-hydrogen) atoms. The van der Waals surface area contributed by atoms with Gasteiger partial charge in [-0.2, -0.15) is 0 Å². The molecule has 124 valence electrons. The number of hydrogen-bond acceptors (Lipinski definition) is 2. The number of carbonyl (C=O) groups is 1. The fraction of sp³-hybridized carbons (Fsp3) is 0.611. The monoisotopic (exact) mass is 432 g/mol. The highest BCUT2D eigenvalue weighted by Crippen LogP contribution is 2.26. The topological polar surface area (TPSA) is 37.3 Å². The summed E-state index contributed by atoms with van der Waals surface area (Å²) in [6.07, 6.45) is 11.1. The van der Waals surface area contributed by atoms with Crippen molar-refractivity contribution in [1.29, 1.82) is 0 Å². The average molecular weight is 434 g/mol. The number of aromatic hydroxyl groups is 1. The number of phenolic OH excluding ortho intramolecular Hbond substituents is 1. The van der Waals surface area contributed by atoms with E-state index in [4.69, 9.17) is 0 Å². The summed E-state index contributed by atoms with van der Waals surface area (Å²) >= 11 is 6.74. The van der Waals surface area contributed by atoms with E-state index in [1.54, 1.807) is 18.2 Å². The predicted octanol–water partition coefficient (Wildman–Crippen LogP) is 6.63. The number of phenols is 1. The Hall–Kier alpha value is -0.350. The molecule has 1 aromatic carbocycles. The lowest BCUT2D eigenvalue weighted by atomic mass is 10.0. The lowest BCUT2D eigenvalue weighted by Gasteiger charge is -2.09. The lowest BCUT2D eigenvalue weighted by Crippen LogP contribution is -2.14. The van der Waals surface area contributed by atoms with Gasteiger partial charge in [-0.05, 0) is 40.5 Å². The number of unbranched alkanes of at least 4 members (excludes halogenated alkanes) is 7. The highest BCUT2D eigenvalue weighted by Gasteiger charge is 2.17. The number of hydrogen-bond donors (Lipinski definition) is 1. The van der Waals surface area contributed by atoms with Crippen LogP contribution in [0.5, 0.6) is 5.75 Å². The maximum atomic E-state index is 12.3. The zero-order valence-corrected chi connectivity index (χ0v) is 16.5. The minimum Gasteiger partial charge on any atom is -0.507 e.